The minimum absolute atomic E-state index is 0.525. The number of benzene rings is 1. The molecule has 1 aromatic carbocycles. The minimum atomic E-state index is -0.626. The molecule has 5 heteroatoms. The van der Waals surface area contributed by atoms with Gasteiger partial charge in [-0.1, -0.05) is 11.6 Å². The molecule has 1 unspecified atom stereocenters. The van der Waals surface area contributed by atoms with Crippen LogP contribution in [0.1, 0.15) is 11.7 Å². The molecule has 0 fully saturated rings. The highest BCUT2D eigenvalue weighted by atomic mass is 35.5. The largest absolute Gasteiger partial charge is 0.398 e. The number of hydrogen-bond acceptors (Lipinski definition) is 4. The molecule has 1 atom stereocenters. The third-order valence-corrected chi connectivity index (χ3v) is 3.81. The van der Waals surface area contributed by atoms with E-state index in [0.717, 1.165) is 4.90 Å². The first kappa shape index (κ1) is 13.2. The maximum absolute atomic E-state index is 10.1. The van der Waals surface area contributed by atoms with E-state index in [-0.39, 0.29) is 0 Å². The third-order valence-electron chi connectivity index (χ3n) is 2.47. The molecule has 0 spiro atoms. The Morgan fingerprint density at radius 3 is 2.67 bits per heavy atom. The molecule has 0 amide bonds. The molecule has 0 aliphatic carbocycles. The molecule has 3 N–H and O–H groups in total. The van der Waals surface area contributed by atoms with E-state index < -0.39 is 6.10 Å². The highest BCUT2D eigenvalue weighted by molar-refractivity contribution is 7.99. The Morgan fingerprint density at radius 2 is 2.00 bits per heavy atom. The van der Waals surface area contributed by atoms with Gasteiger partial charge in [0, 0.05) is 39.3 Å². The van der Waals surface area contributed by atoms with Crippen LogP contribution in [-0.4, -0.2) is 15.8 Å². The monoisotopic (exact) mass is 280 g/mol. The SMILES string of the molecule is Nc1ccncc1C(O)CSc1ccc(Cl)cc1. The van der Waals surface area contributed by atoms with Crippen LogP contribution in [0, 0.1) is 0 Å². The lowest BCUT2D eigenvalue weighted by Crippen LogP contribution is -2.05. The molecule has 94 valence electrons. The first-order chi connectivity index (χ1) is 8.66. The van der Waals surface area contributed by atoms with Crippen molar-refractivity contribution in [1.82, 2.24) is 4.98 Å². The molecule has 2 rings (SSSR count). The Morgan fingerprint density at radius 1 is 1.28 bits per heavy atom. The number of pyridine rings is 1. The van der Waals surface area contributed by atoms with Crippen molar-refractivity contribution >= 4 is 29.1 Å². The number of rotatable bonds is 4. The number of nitrogen functional groups attached to an aromatic ring is 1. The predicted octanol–water partition coefficient (Wildman–Crippen LogP) is 3.14. The zero-order valence-corrected chi connectivity index (χ0v) is 11.2. The van der Waals surface area contributed by atoms with Gasteiger partial charge in [0.15, 0.2) is 0 Å². The van der Waals surface area contributed by atoms with Gasteiger partial charge in [-0.3, -0.25) is 4.98 Å². The molecule has 0 aliphatic heterocycles. The van der Waals surface area contributed by atoms with Crippen molar-refractivity contribution in [1.29, 1.82) is 0 Å². The van der Waals surface area contributed by atoms with Gasteiger partial charge >= 0.3 is 0 Å². The molecule has 0 bridgehead atoms. The lowest BCUT2D eigenvalue weighted by molar-refractivity contribution is 0.204. The molecule has 0 saturated heterocycles. The Hall–Kier alpha value is -1.23. The van der Waals surface area contributed by atoms with E-state index in [1.54, 1.807) is 30.2 Å². The van der Waals surface area contributed by atoms with Gasteiger partial charge in [0.2, 0.25) is 0 Å². The van der Waals surface area contributed by atoms with Gasteiger partial charge in [0.25, 0.3) is 0 Å². The van der Waals surface area contributed by atoms with Crippen molar-refractivity contribution in [3.05, 3.63) is 53.3 Å². The predicted molar refractivity (Wildman–Crippen MR) is 75.8 cm³/mol. The van der Waals surface area contributed by atoms with Crippen LogP contribution in [0.3, 0.4) is 0 Å². The van der Waals surface area contributed by atoms with E-state index in [9.17, 15) is 5.11 Å². The number of thioether (sulfide) groups is 1. The van der Waals surface area contributed by atoms with E-state index in [0.29, 0.717) is 22.0 Å². The lowest BCUT2D eigenvalue weighted by atomic mass is 10.1. The van der Waals surface area contributed by atoms with E-state index in [4.69, 9.17) is 17.3 Å². The van der Waals surface area contributed by atoms with Crippen LogP contribution in [0.5, 0.6) is 0 Å². The van der Waals surface area contributed by atoms with Crippen molar-refractivity contribution < 1.29 is 5.11 Å². The summed E-state index contributed by atoms with van der Waals surface area (Å²) in [5.41, 5.74) is 7.01. The van der Waals surface area contributed by atoms with Crippen LogP contribution < -0.4 is 5.73 Å². The quantitative estimate of drug-likeness (QED) is 0.845. The number of nitrogens with two attached hydrogens (primary N) is 1. The summed E-state index contributed by atoms with van der Waals surface area (Å²) in [7, 11) is 0. The first-order valence-corrected chi connectivity index (χ1v) is 6.79. The summed E-state index contributed by atoms with van der Waals surface area (Å²) in [6.07, 6.45) is 2.58. The van der Waals surface area contributed by atoms with Crippen molar-refractivity contribution in [3.63, 3.8) is 0 Å². The molecular weight excluding hydrogens is 268 g/mol. The average Bonchev–Trinajstić information content (AvgIpc) is 2.38. The highest BCUT2D eigenvalue weighted by Crippen LogP contribution is 2.27. The van der Waals surface area contributed by atoms with Crippen molar-refractivity contribution in [2.45, 2.75) is 11.0 Å². The Kier molecular flexibility index (Phi) is 4.47. The molecule has 1 aromatic heterocycles. The molecular formula is C13H13ClN2OS. The number of anilines is 1. The lowest BCUT2D eigenvalue weighted by Gasteiger charge is -2.12. The van der Waals surface area contributed by atoms with Crippen LogP contribution >= 0.6 is 23.4 Å². The fraction of sp³-hybridized carbons (Fsp3) is 0.154. The van der Waals surface area contributed by atoms with Crippen LogP contribution in [-0.2, 0) is 0 Å². The fourth-order valence-electron chi connectivity index (χ4n) is 1.49. The Balaban J connectivity index is 1.98. The summed E-state index contributed by atoms with van der Waals surface area (Å²) in [6.45, 7) is 0. The minimum Gasteiger partial charge on any atom is -0.398 e. The van der Waals surface area contributed by atoms with Crippen molar-refractivity contribution in [3.8, 4) is 0 Å². The van der Waals surface area contributed by atoms with Crippen molar-refractivity contribution in [2.24, 2.45) is 0 Å². The second-order valence-corrected chi connectivity index (χ2v) is 5.32. The summed E-state index contributed by atoms with van der Waals surface area (Å²) >= 11 is 7.36. The number of aromatic nitrogens is 1. The molecule has 18 heavy (non-hydrogen) atoms. The summed E-state index contributed by atoms with van der Waals surface area (Å²) in [4.78, 5) is 5.02. The summed E-state index contributed by atoms with van der Waals surface area (Å²) in [6, 6.07) is 9.19. The molecule has 0 radical (unpaired) electrons. The number of nitrogens with zero attached hydrogens (tertiary/aromatic N) is 1. The van der Waals surface area contributed by atoms with Gasteiger partial charge in [-0.25, -0.2) is 0 Å². The van der Waals surface area contributed by atoms with Crippen molar-refractivity contribution in [2.75, 3.05) is 11.5 Å². The van der Waals surface area contributed by atoms with Crippen LogP contribution in [0.4, 0.5) is 5.69 Å². The fourth-order valence-corrected chi connectivity index (χ4v) is 2.48. The van der Waals surface area contributed by atoms with Crippen LogP contribution in [0.25, 0.3) is 0 Å². The van der Waals surface area contributed by atoms with Gasteiger partial charge in [-0.05, 0) is 30.3 Å². The third kappa shape index (κ3) is 3.38. The smallest absolute Gasteiger partial charge is 0.0918 e. The van der Waals surface area contributed by atoms with Crippen LogP contribution in [0.15, 0.2) is 47.6 Å². The standard InChI is InChI=1S/C13H13ClN2OS/c14-9-1-3-10(4-2-9)18-8-13(17)11-7-16-6-5-12(11)15/h1-7,13,17H,8H2,(H2,15,16). The number of aliphatic hydroxyl groups is 1. The Labute approximate surface area is 115 Å². The van der Waals surface area contributed by atoms with Gasteiger partial charge in [0.1, 0.15) is 0 Å². The van der Waals surface area contributed by atoms with E-state index in [1.165, 1.54) is 0 Å². The summed E-state index contributed by atoms with van der Waals surface area (Å²) in [5.74, 6) is 0.525. The highest BCUT2D eigenvalue weighted by Gasteiger charge is 2.11. The molecule has 2 aromatic rings. The number of aliphatic hydroxyl groups excluding tert-OH is 1. The van der Waals surface area contributed by atoms with E-state index in [2.05, 4.69) is 4.98 Å². The maximum atomic E-state index is 10.1. The van der Waals surface area contributed by atoms with Gasteiger partial charge in [0.05, 0.1) is 6.10 Å². The molecule has 0 aliphatic rings. The second-order valence-electron chi connectivity index (χ2n) is 3.79. The van der Waals surface area contributed by atoms with Gasteiger partial charge < -0.3 is 10.8 Å². The maximum Gasteiger partial charge on any atom is 0.0918 e. The molecule has 3 nitrogen and oxygen atoms in total. The first-order valence-electron chi connectivity index (χ1n) is 5.42. The molecule has 1 heterocycles. The number of hydrogen-bond donors (Lipinski definition) is 2. The average molecular weight is 281 g/mol. The van der Waals surface area contributed by atoms with E-state index in [1.807, 2.05) is 24.3 Å². The van der Waals surface area contributed by atoms with Gasteiger partial charge in [-0.15, -0.1) is 11.8 Å². The second kappa shape index (κ2) is 6.09. The zero-order valence-electron chi connectivity index (χ0n) is 9.58. The number of halogens is 1. The van der Waals surface area contributed by atoms with E-state index >= 15 is 0 Å². The summed E-state index contributed by atoms with van der Waals surface area (Å²) in [5, 5.41) is 10.8. The topological polar surface area (TPSA) is 59.1 Å². The van der Waals surface area contributed by atoms with Gasteiger partial charge in [-0.2, -0.15) is 0 Å². The normalized spacial score (nSPS) is 12.3. The Bertz CT molecular complexity index is 519. The summed E-state index contributed by atoms with van der Waals surface area (Å²) < 4.78 is 0. The molecule has 0 saturated carbocycles. The van der Waals surface area contributed by atoms with Crippen LogP contribution in [0.2, 0.25) is 5.02 Å². The zero-order chi connectivity index (χ0) is 13.0.